The quantitative estimate of drug-likeness (QED) is 0.907. The highest BCUT2D eigenvalue weighted by molar-refractivity contribution is 5.79. The first-order valence-corrected chi connectivity index (χ1v) is 7.64. The van der Waals surface area contributed by atoms with Crippen LogP contribution in [0.4, 0.5) is 8.78 Å². The van der Waals surface area contributed by atoms with Crippen LogP contribution in [0.5, 0.6) is 5.75 Å². The van der Waals surface area contributed by atoms with Crippen molar-refractivity contribution < 1.29 is 23.8 Å². The number of halogens is 2. The molecule has 0 unspecified atom stereocenters. The summed E-state index contributed by atoms with van der Waals surface area (Å²) in [6.45, 7) is 0.0677. The monoisotopic (exact) mass is 333 g/mol. The molecule has 2 aromatic rings. The van der Waals surface area contributed by atoms with Crippen molar-refractivity contribution in [2.24, 2.45) is 0 Å². The number of β-amino-alcohol motifs (C(OH)–C–C–N with tert-alkyl or cyclic N) is 1. The van der Waals surface area contributed by atoms with Crippen molar-refractivity contribution in [2.75, 3.05) is 6.54 Å². The molecule has 4 nitrogen and oxygen atoms in total. The van der Waals surface area contributed by atoms with E-state index in [2.05, 4.69) is 0 Å². The number of hydrogen-bond donors (Lipinski definition) is 2. The molecule has 1 aliphatic rings. The fourth-order valence-electron chi connectivity index (χ4n) is 3.10. The molecule has 0 spiro atoms. The van der Waals surface area contributed by atoms with Crippen LogP contribution in [-0.4, -0.2) is 33.7 Å². The maximum atomic E-state index is 14.0. The van der Waals surface area contributed by atoms with Gasteiger partial charge in [-0.2, -0.15) is 0 Å². The van der Waals surface area contributed by atoms with E-state index < -0.39 is 23.8 Å². The maximum Gasteiger partial charge on any atom is 0.227 e. The second kappa shape index (κ2) is 6.57. The van der Waals surface area contributed by atoms with Crippen LogP contribution in [0.15, 0.2) is 42.5 Å². The highest BCUT2D eigenvalue weighted by Crippen LogP contribution is 2.34. The van der Waals surface area contributed by atoms with Gasteiger partial charge in [0, 0.05) is 12.1 Å². The zero-order chi connectivity index (χ0) is 17.3. The average Bonchev–Trinajstić information content (AvgIpc) is 2.91. The molecule has 1 fully saturated rings. The topological polar surface area (TPSA) is 60.8 Å². The van der Waals surface area contributed by atoms with Crippen LogP contribution in [-0.2, 0) is 11.2 Å². The maximum absolute atomic E-state index is 14.0. The predicted molar refractivity (Wildman–Crippen MR) is 83.2 cm³/mol. The molecule has 1 heterocycles. The number of aromatic hydroxyl groups is 1. The zero-order valence-corrected chi connectivity index (χ0v) is 12.8. The predicted octanol–water partition coefficient (Wildman–Crippen LogP) is 2.55. The van der Waals surface area contributed by atoms with Gasteiger partial charge in [0.15, 0.2) is 0 Å². The van der Waals surface area contributed by atoms with Crippen LogP contribution >= 0.6 is 0 Å². The highest BCUT2D eigenvalue weighted by atomic mass is 19.1. The highest BCUT2D eigenvalue weighted by Gasteiger charge is 2.36. The summed E-state index contributed by atoms with van der Waals surface area (Å²) < 4.78 is 27.5. The summed E-state index contributed by atoms with van der Waals surface area (Å²) in [5.41, 5.74) is 0.677. The smallest absolute Gasteiger partial charge is 0.227 e. The Morgan fingerprint density at radius 3 is 2.75 bits per heavy atom. The number of aliphatic hydroxyl groups excluding tert-OH is 1. The minimum Gasteiger partial charge on any atom is -0.508 e. The summed E-state index contributed by atoms with van der Waals surface area (Å²) in [5.74, 6) is -1.46. The molecule has 2 atom stereocenters. The normalized spacial score (nSPS) is 20.4. The van der Waals surface area contributed by atoms with Crippen LogP contribution < -0.4 is 0 Å². The summed E-state index contributed by atoms with van der Waals surface area (Å²) >= 11 is 0. The number of carbonyl (C=O) groups excluding carboxylic acids is 1. The number of nitrogens with zero attached hydrogens (tertiary/aromatic N) is 1. The van der Waals surface area contributed by atoms with E-state index in [9.17, 15) is 23.8 Å². The van der Waals surface area contributed by atoms with E-state index in [1.165, 1.54) is 17.0 Å². The number of hydrogen-bond acceptors (Lipinski definition) is 3. The largest absolute Gasteiger partial charge is 0.508 e. The molecule has 0 saturated carbocycles. The van der Waals surface area contributed by atoms with Gasteiger partial charge in [0.1, 0.15) is 17.4 Å². The minimum atomic E-state index is -0.786. The molecular formula is C18H17F2NO3. The lowest BCUT2D eigenvalue weighted by molar-refractivity contribution is -0.131. The van der Waals surface area contributed by atoms with Gasteiger partial charge in [-0.1, -0.05) is 12.1 Å². The molecule has 1 amide bonds. The second-order valence-corrected chi connectivity index (χ2v) is 5.96. The van der Waals surface area contributed by atoms with E-state index in [0.29, 0.717) is 5.56 Å². The summed E-state index contributed by atoms with van der Waals surface area (Å²) in [4.78, 5) is 13.9. The van der Waals surface area contributed by atoms with E-state index in [4.69, 9.17) is 0 Å². The molecule has 0 aromatic heterocycles. The Balaban J connectivity index is 1.85. The van der Waals surface area contributed by atoms with Gasteiger partial charge in [-0.05, 0) is 42.3 Å². The van der Waals surface area contributed by atoms with E-state index in [0.717, 1.165) is 18.2 Å². The fourth-order valence-corrected chi connectivity index (χ4v) is 3.10. The van der Waals surface area contributed by atoms with Crippen LogP contribution in [0.3, 0.4) is 0 Å². The first-order chi connectivity index (χ1) is 11.4. The lowest BCUT2D eigenvalue weighted by Gasteiger charge is -2.25. The van der Waals surface area contributed by atoms with Crippen molar-refractivity contribution in [3.8, 4) is 5.75 Å². The van der Waals surface area contributed by atoms with Crippen LogP contribution in [0.1, 0.15) is 23.6 Å². The van der Waals surface area contributed by atoms with Gasteiger partial charge in [-0.25, -0.2) is 8.78 Å². The Hall–Kier alpha value is -2.47. The average molecular weight is 333 g/mol. The molecule has 0 radical (unpaired) electrons. The third-order valence-electron chi connectivity index (χ3n) is 4.18. The summed E-state index contributed by atoms with van der Waals surface area (Å²) in [5, 5.41) is 19.4. The first kappa shape index (κ1) is 16.4. The van der Waals surface area contributed by atoms with Crippen molar-refractivity contribution in [1.82, 2.24) is 4.90 Å². The molecule has 2 N–H and O–H groups in total. The minimum absolute atomic E-state index is 0.00849. The van der Waals surface area contributed by atoms with Gasteiger partial charge in [0.05, 0.1) is 18.6 Å². The molecule has 126 valence electrons. The van der Waals surface area contributed by atoms with Crippen molar-refractivity contribution in [3.05, 3.63) is 65.2 Å². The van der Waals surface area contributed by atoms with E-state index in [-0.39, 0.29) is 36.6 Å². The van der Waals surface area contributed by atoms with Gasteiger partial charge in [0.2, 0.25) is 5.91 Å². The van der Waals surface area contributed by atoms with Gasteiger partial charge in [0.25, 0.3) is 0 Å². The first-order valence-electron chi connectivity index (χ1n) is 7.64. The molecular weight excluding hydrogens is 316 g/mol. The lowest BCUT2D eigenvalue weighted by atomic mass is 10.0. The molecule has 0 aliphatic carbocycles. The molecule has 3 rings (SSSR count). The number of phenolic OH excluding ortho intramolecular Hbond substituents is 1. The fraction of sp³-hybridized carbons (Fsp3) is 0.278. The summed E-state index contributed by atoms with van der Waals surface area (Å²) in [7, 11) is 0. The third-order valence-corrected chi connectivity index (χ3v) is 4.18. The zero-order valence-electron chi connectivity index (χ0n) is 12.8. The number of rotatable bonds is 3. The Labute approximate surface area is 138 Å². The summed E-state index contributed by atoms with van der Waals surface area (Å²) in [6, 6.07) is 8.69. The molecule has 2 aromatic carbocycles. The van der Waals surface area contributed by atoms with Crippen LogP contribution in [0.25, 0.3) is 0 Å². The number of likely N-dealkylation sites (tertiary alicyclic amines) is 1. The van der Waals surface area contributed by atoms with Gasteiger partial charge in [-0.15, -0.1) is 0 Å². The Bertz CT molecular complexity index is 766. The SMILES string of the molecule is O=C(Cc1cccc(O)c1)N1C[C@@H](O)C[C@H]1c1cc(F)ccc1F. The number of benzene rings is 2. The van der Waals surface area contributed by atoms with Crippen molar-refractivity contribution in [1.29, 1.82) is 0 Å². The van der Waals surface area contributed by atoms with Gasteiger partial charge < -0.3 is 15.1 Å². The van der Waals surface area contributed by atoms with E-state index >= 15 is 0 Å². The Morgan fingerprint density at radius 1 is 1.21 bits per heavy atom. The van der Waals surface area contributed by atoms with E-state index in [1.807, 2.05) is 0 Å². The number of aliphatic hydroxyl groups is 1. The molecule has 24 heavy (non-hydrogen) atoms. The molecule has 0 bridgehead atoms. The van der Waals surface area contributed by atoms with Crippen molar-refractivity contribution >= 4 is 5.91 Å². The second-order valence-electron chi connectivity index (χ2n) is 5.96. The molecule has 1 aliphatic heterocycles. The summed E-state index contributed by atoms with van der Waals surface area (Å²) in [6.07, 6.45) is -0.619. The van der Waals surface area contributed by atoms with Gasteiger partial charge in [-0.3, -0.25) is 4.79 Å². The standard InChI is InChI=1S/C18H17F2NO3/c19-12-4-5-16(20)15(8-12)17-9-14(23)10-21(17)18(24)7-11-2-1-3-13(22)6-11/h1-6,8,14,17,22-23H,7,9-10H2/t14-,17-/m0/s1. The number of amides is 1. The van der Waals surface area contributed by atoms with E-state index in [1.54, 1.807) is 12.1 Å². The Kier molecular flexibility index (Phi) is 4.49. The molecule has 6 heteroatoms. The van der Waals surface area contributed by atoms with Crippen LogP contribution in [0, 0.1) is 11.6 Å². The lowest BCUT2D eigenvalue weighted by Crippen LogP contribution is -2.33. The van der Waals surface area contributed by atoms with Crippen LogP contribution in [0.2, 0.25) is 0 Å². The molecule has 1 saturated heterocycles. The van der Waals surface area contributed by atoms with Crippen molar-refractivity contribution in [3.63, 3.8) is 0 Å². The van der Waals surface area contributed by atoms with Gasteiger partial charge >= 0.3 is 0 Å². The number of carbonyl (C=O) groups is 1. The Morgan fingerprint density at radius 2 is 2.00 bits per heavy atom. The third kappa shape index (κ3) is 3.38. The number of phenols is 1. The van der Waals surface area contributed by atoms with Crippen molar-refractivity contribution in [2.45, 2.75) is 25.0 Å².